The molecule has 0 aliphatic rings. The van der Waals surface area contributed by atoms with Gasteiger partial charge >= 0.3 is 0 Å². The Bertz CT molecular complexity index is 235. The lowest BCUT2D eigenvalue weighted by Crippen LogP contribution is -1.98. The van der Waals surface area contributed by atoms with Gasteiger partial charge in [0.1, 0.15) is 0 Å². The molecular weight excluding hydrogens is 138 g/mol. The Morgan fingerprint density at radius 1 is 1.64 bits per heavy atom. The molecule has 1 rings (SSSR count). The van der Waals surface area contributed by atoms with Gasteiger partial charge in [0.15, 0.2) is 0 Å². The fourth-order valence-corrected chi connectivity index (χ4v) is 1.04. The van der Waals surface area contributed by atoms with E-state index in [-0.39, 0.29) is 6.10 Å². The average Bonchev–Trinajstić information content (AvgIpc) is 2.04. The van der Waals surface area contributed by atoms with E-state index < -0.39 is 0 Å². The summed E-state index contributed by atoms with van der Waals surface area (Å²) in [7, 11) is 0. The molecule has 11 heavy (non-hydrogen) atoms. The second kappa shape index (κ2) is 3.49. The van der Waals surface area contributed by atoms with Gasteiger partial charge in [-0.2, -0.15) is 0 Å². The normalized spacial score (nSPS) is 13.0. The molecule has 1 N–H and O–H groups in total. The summed E-state index contributed by atoms with van der Waals surface area (Å²) in [5, 5.41) is 9.47. The Morgan fingerprint density at radius 2 is 2.36 bits per heavy atom. The molecular formula is C9H13NO. The van der Waals surface area contributed by atoms with Gasteiger partial charge in [-0.3, -0.25) is 4.98 Å². The summed E-state index contributed by atoms with van der Waals surface area (Å²) < 4.78 is 0. The summed E-state index contributed by atoms with van der Waals surface area (Å²) >= 11 is 0. The van der Waals surface area contributed by atoms with Crippen LogP contribution in [0.2, 0.25) is 0 Å². The summed E-state index contributed by atoms with van der Waals surface area (Å²) in [6.45, 7) is 3.94. The highest BCUT2D eigenvalue weighted by atomic mass is 16.3. The van der Waals surface area contributed by atoms with Crippen LogP contribution >= 0.6 is 0 Å². The zero-order chi connectivity index (χ0) is 8.27. The van der Waals surface area contributed by atoms with E-state index in [1.165, 1.54) is 0 Å². The smallest absolute Gasteiger partial charge is 0.0804 e. The van der Waals surface area contributed by atoms with Crippen LogP contribution in [0.25, 0.3) is 0 Å². The maximum Gasteiger partial charge on any atom is 0.0804 e. The molecule has 60 valence electrons. The second-order valence-corrected chi connectivity index (χ2v) is 2.66. The topological polar surface area (TPSA) is 33.1 Å². The number of aromatic nitrogens is 1. The van der Waals surface area contributed by atoms with Gasteiger partial charge in [-0.05, 0) is 25.0 Å². The third-order valence-corrected chi connectivity index (χ3v) is 1.83. The molecule has 0 aliphatic heterocycles. The number of hydrogen-bond donors (Lipinski definition) is 1. The number of aliphatic hydroxyl groups excluding tert-OH is 1. The van der Waals surface area contributed by atoms with E-state index in [2.05, 4.69) is 4.98 Å². The highest BCUT2D eigenvalue weighted by Gasteiger charge is 2.06. The first kappa shape index (κ1) is 8.21. The first-order valence-corrected chi connectivity index (χ1v) is 3.84. The zero-order valence-corrected chi connectivity index (χ0v) is 6.91. The largest absolute Gasteiger partial charge is 0.388 e. The van der Waals surface area contributed by atoms with Gasteiger partial charge in [-0.1, -0.05) is 6.92 Å². The van der Waals surface area contributed by atoms with Crippen molar-refractivity contribution in [2.24, 2.45) is 0 Å². The van der Waals surface area contributed by atoms with Crippen LogP contribution in [-0.4, -0.2) is 10.1 Å². The number of rotatable bonds is 2. The maximum atomic E-state index is 9.47. The third kappa shape index (κ3) is 1.77. The van der Waals surface area contributed by atoms with E-state index in [1.54, 1.807) is 12.4 Å². The van der Waals surface area contributed by atoms with Crippen LogP contribution in [0.15, 0.2) is 18.5 Å². The molecule has 1 atom stereocenters. The third-order valence-electron chi connectivity index (χ3n) is 1.83. The fourth-order valence-electron chi connectivity index (χ4n) is 1.04. The minimum Gasteiger partial charge on any atom is -0.388 e. The van der Waals surface area contributed by atoms with E-state index in [9.17, 15) is 5.11 Å². The molecule has 0 saturated heterocycles. The zero-order valence-electron chi connectivity index (χ0n) is 6.91. The Kier molecular flexibility index (Phi) is 2.60. The second-order valence-electron chi connectivity index (χ2n) is 2.66. The lowest BCUT2D eigenvalue weighted by Gasteiger charge is -2.09. The van der Waals surface area contributed by atoms with Gasteiger partial charge in [0, 0.05) is 18.0 Å². The van der Waals surface area contributed by atoms with Crippen molar-refractivity contribution >= 4 is 0 Å². The molecule has 1 heterocycles. The lowest BCUT2D eigenvalue weighted by molar-refractivity contribution is 0.172. The monoisotopic (exact) mass is 151 g/mol. The predicted octanol–water partition coefficient (Wildman–Crippen LogP) is 1.83. The summed E-state index contributed by atoms with van der Waals surface area (Å²) in [6, 6.07) is 1.91. The van der Waals surface area contributed by atoms with Gasteiger partial charge in [0.2, 0.25) is 0 Å². The molecule has 2 heteroatoms. The summed E-state index contributed by atoms with van der Waals surface area (Å²) in [4.78, 5) is 3.95. The highest BCUT2D eigenvalue weighted by molar-refractivity contribution is 5.23. The number of hydrogen-bond acceptors (Lipinski definition) is 2. The van der Waals surface area contributed by atoms with Gasteiger partial charge < -0.3 is 5.11 Å². The Morgan fingerprint density at radius 3 is 2.91 bits per heavy atom. The summed E-state index contributed by atoms with van der Waals surface area (Å²) in [5.74, 6) is 0. The first-order chi connectivity index (χ1) is 5.25. The van der Waals surface area contributed by atoms with Crippen molar-refractivity contribution in [3.8, 4) is 0 Å². The van der Waals surface area contributed by atoms with Gasteiger partial charge in [-0.15, -0.1) is 0 Å². The number of aryl methyl sites for hydroxylation is 1. The Balaban J connectivity index is 2.93. The molecule has 2 nitrogen and oxygen atoms in total. The standard InChI is InChI=1S/C9H13NO/c1-3-9(11)8-6-10-5-4-7(8)2/h4-6,9,11H,3H2,1-2H3/t9-/m1/s1. The van der Waals surface area contributed by atoms with Crippen LogP contribution in [0, 0.1) is 6.92 Å². The van der Waals surface area contributed by atoms with Crippen molar-refractivity contribution in [1.82, 2.24) is 4.98 Å². The molecule has 0 bridgehead atoms. The van der Waals surface area contributed by atoms with Crippen molar-refractivity contribution in [1.29, 1.82) is 0 Å². The Labute approximate surface area is 66.9 Å². The molecule has 0 aromatic carbocycles. The first-order valence-electron chi connectivity index (χ1n) is 3.84. The molecule has 0 aliphatic carbocycles. The summed E-state index contributed by atoms with van der Waals surface area (Å²) in [6.07, 6.45) is 3.85. The molecule has 0 spiro atoms. The van der Waals surface area contributed by atoms with E-state index in [4.69, 9.17) is 0 Å². The maximum absolute atomic E-state index is 9.47. The van der Waals surface area contributed by atoms with Crippen molar-refractivity contribution < 1.29 is 5.11 Å². The number of aliphatic hydroxyl groups is 1. The van der Waals surface area contributed by atoms with Crippen LogP contribution in [0.5, 0.6) is 0 Å². The predicted molar refractivity (Wildman–Crippen MR) is 44.2 cm³/mol. The molecule has 0 saturated carbocycles. The molecule has 0 fully saturated rings. The quantitative estimate of drug-likeness (QED) is 0.699. The van der Waals surface area contributed by atoms with E-state index in [0.29, 0.717) is 0 Å². The van der Waals surface area contributed by atoms with Gasteiger partial charge in [0.05, 0.1) is 6.10 Å². The lowest BCUT2D eigenvalue weighted by atomic mass is 10.1. The van der Waals surface area contributed by atoms with Crippen LogP contribution in [0.4, 0.5) is 0 Å². The molecule has 1 aromatic rings. The van der Waals surface area contributed by atoms with E-state index in [0.717, 1.165) is 17.5 Å². The Hall–Kier alpha value is -0.890. The molecule has 0 unspecified atom stereocenters. The molecule has 1 aromatic heterocycles. The van der Waals surface area contributed by atoms with Crippen LogP contribution in [-0.2, 0) is 0 Å². The highest BCUT2D eigenvalue weighted by Crippen LogP contribution is 2.17. The van der Waals surface area contributed by atoms with Crippen molar-refractivity contribution in [2.75, 3.05) is 0 Å². The van der Waals surface area contributed by atoms with Crippen molar-refractivity contribution in [2.45, 2.75) is 26.4 Å². The molecule has 0 amide bonds. The van der Waals surface area contributed by atoms with Crippen molar-refractivity contribution in [3.63, 3.8) is 0 Å². The number of nitrogens with zero attached hydrogens (tertiary/aromatic N) is 1. The van der Waals surface area contributed by atoms with Gasteiger partial charge in [-0.25, -0.2) is 0 Å². The van der Waals surface area contributed by atoms with Crippen LogP contribution in [0.3, 0.4) is 0 Å². The minimum absolute atomic E-state index is 0.358. The van der Waals surface area contributed by atoms with Crippen LogP contribution in [0.1, 0.15) is 30.6 Å². The average molecular weight is 151 g/mol. The number of pyridine rings is 1. The van der Waals surface area contributed by atoms with E-state index in [1.807, 2.05) is 19.9 Å². The fraction of sp³-hybridized carbons (Fsp3) is 0.444. The molecule has 0 radical (unpaired) electrons. The minimum atomic E-state index is -0.358. The van der Waals surface area contributed by atoms with E-state index >= 15 is 0 Å². The van der Waals surface area contributed by atoms with Crippen molar-refractivity contribution in [3.05, 3.63) is 29.6 Å². The van der Waals surface area contributed by atoms with Gasteiger partial charge in [0.25, 0.3) is 0 Å². The van der Waals surface area contributed by atoms with Crippen LogP contribution < -0.4 is 0 Å². The summed E-state index contributed by atoms with van der Waals surface area (Å²) in [5.41, 5.74) is 2.05. The SMILES string of the molecule is CC[C@@H](O)c1cnccc1C.